The van der Waals surface area contributed by atoms with Gasteiger partial charge in [-0.05, 0) is 42.5 Å². The number of carbonyl (C=O) groups excluding carboxylic acids is 1. The second-order valence-corrected chi connectivity index (χ2v) is 6.29. The van der Waals surface area contributed by atoms with Crippen LogP contribution in [-0.4, -0.2) is 44.0 Å². The van der Waals surface area contributed by atoms with Gasteiger partial charge in [0.25, 0.3) is 5.91 Å². The van der Waals surface area contributed by atoms with Crippen LogP contribution >= 0.6 is 0 Å². The Bertz CT molecular complexity index is 940. The molecule has 2 aromatic rings. The van der Waals surface area contributed by atoms with Crippen LogP contribution in [0.15, 0.2) is 52.4 Å². The molecule has 8 nitrogen and oxygen atoms in total. The molecule has 0 aromatic heterocycles. The van der Waals surface area contributed by atoms with E-state index in [1.54, 1.807) is 18.2 Å². The Labute approximate surface area is 161 Å². The van der Waals surface area contributed by atoms with E-state index in [4.69, 9.17) is 0 Å². The summed E-state index contributed by atoms with van der Waals surface area (Å²) in [6, 6.07) is 11.5. The number of benzene rings is 2. The van der Waals surface area contributed by atoms with Crippen molar-refractivity contribution in [3.8, 4) is 0 Å². The fourth-order valence-electron chi connectivity index (χ4n) is 2.85. The number of amides is 1. The number of rotatable bonds is 4. The van der Waals surface area contributed by atoms with E-state index >= 15 is 0 Å². The molecule has 144 valence electrons. The van der Waals surface area contributed by atoms with E-state index in [0.717, 1.165) is 31.3 Å². The Morgan fingerprint density at radius 2 is 1.43 bits per heavy atom. The van der Waals surface area contributed by atoms with Gasteiger partial charge in [0.2, 0.25) is 0 Å². The summed E-state index contributed by atoms with van der Waals surface area (Å²) in [5, 5.41) is 15.0. The van der Waals surface area contributed by atoms with Gasteiger partial charge in [0.15, 0.2) is 11.9 Å². The molecule has 28 heavy (non-hydrogen) atoms. The molecule has 2 aliphatic rings. The lowest BCUT2D eigenvalue weighted by Gasteiger charge is -2.11. The second-order valence-electron chi connectivity index (χ2n) is 6.29. The van der Waals surface area contributed by atoms with Crippen LogP contribution in [0.2, 0.25) is 0 Å². The topological polar surface area (TPSA) is 102 Å². The predicted octanol–water partition coefficient (Wildman–Crippen LogP) is 1.82. The average molecular weight is 381 g/mol. The smallest absolute Gasteiger partial charge is 0.258 e. The van der Waals surface area contributed by atoms with Crippen molar-refractivity contribution in [1.29, 1.82) is 0 Å². The lowest BCUT2D eigenvalue weighted by Crippen LogP contribution is -2.26. The normalized spacial score (nSPS) is 15.2. The number of hydrogen-bond acceptors (Lipinski definition) is 7. The van der Waals surface area contributed by atoms with Crippen molar-refractivity contribution in [2.24, 2.45) is 9.98 Å². The third kappa shape index (κ3) is 4.20. The molecule has 1 amide bonds. The standard InChI is InChI=1S/C19H20FN7O/c20-16-11-14(27-19-23-9-10-24-19)5-6-15(16)17(28)25-12-1-3-13(4-2-12)26-18-21-7-8-22-18/h1-6,11H,7-10H2,(H,25,28)(H2,21,22,26)(H2,23,24,27). The number of hydrogen-bond donors (Lipinski definition) is 5. The first-order chi connectivity index (χ1) is 13.7. The van der Waals surface area contributed by atoms with Crippen molar-refractivity contribution in [3.63, 3.8) is 0 Å². The summed E-state index contributed by atoms with van der Waals surface area (Å²) >= 11 is 0. The number of anilines is 3. The molecule has 0 aliphatic carbocycles. The molecular formula is C19H20FN7O. The van der Waals surface area contributed by atoms with Crippen LogP contribution in [0.25, 0.3) is 0 Å². The minimum absolute atomic E-state index is 0.0291. The Hall–Kier alpha value is -3.62. The molecule has 2 heterocycles. The Balaban J connectivity index is 1.38. The summed E-state index contributed by atoms with van der Waals surface area (Å²) in [5.41, 5.74) is 1.92. The van der Waals surface area contributed by atoms with Crippen LogP contribution in [0.3, 0.4) is 0 Å². The predicted molar refractivity (Wildman–Crippen MR) is 109 cm³/mol. The molecule has 0 unspecified atom stereocenters. The highest BCUT2D eigenvalue weighted by Gasteiger charge is 2.14. The van der Waals surface area contributed by atoms with Gasteiger partial charge in [-0.25, -0.2) is 4.39 Å². The molecule has 0 bridgehead atoms. The molecule has 2 aromatic carbocycles. The van der Waals surface area contributed by atoms with Gasteiger partial charge in [-0.15, -0.1) is 0 Å². The number of carbonyl (C=O) groups is 1. The third-order valence-corrected chi connectivity index (χ3v) is 4.23. The SMILES string of the molecule is O=C(Nc1ccc(NC2=NCCN2)cc1)c1ccc(NC2=NCCN2)cc1F. The van der Waals surface area contributed by atoms with Crippen LogP contribution < -0.4 is 26.6 Å². The van der Waals surface area contributed by atoms with Gasteiger partial charge in [-0.2, -0.15) is 0 Å². The zero-order valence-electron chi connectivity index (χ0n) is 15.1. The van der Waals surface area contributed by atoms with Crippen molar-refractivity contribution in [3.05, 3.63) is 53.8 Å². The van der Waals surface area contributed by atoms with Gasteiger partial charge >= 0.3 is 0 Å². The largest absolute Gasteiger partial charge is 0.354 e. The van der Waals surface area contributed by atoms with Crippen molar-refractivity contribution in [1.82, 2.24) is 10.6 Å². The molecule has 0 saturated heterocycles. The molecule has 0 radical (unpaired) electrons. The summed E-state index contributed by atoms with van der Waals surface area (Å²) in [4.78, 5) is 20.8. The van der Waals surface area contributed by atoms with E-state index in [9.17, 15) is 9.18 Å². The number of nitrogens with one attached hydrogen (secondary N) is 5. The molecule has 0 atom stereocenters. The molecule has 5 N–H and O–H groups in total. The Morgan fingerprint density at radius 3 is 2.00 bits per heavy atom. The minimum atomic E-state index is -0.607. The quantitative estimate of drug-likeness (QED) is 0.556. The summed E-state index contributed by atoms with van der Waals surface area (Å²) in [7, 11) is 0. The van der Waals surface area contributed by atoms with E-state index in [2.05, 4.69) is 36.6 Å². The van der Waals surface area contributed by atoms with Crippen molar-refractivity contribution >= 4 is 34.9 Å². The van der Waals surface area contributed by atoms with E-state index < -0.39 is 11.7 Å². The van der Waals surface area contributed by atoms with Crippen LogP contribution in [0, 0.1) is 5.82 Å². The maximum Gasteiger partial charge on any atom is 0.258 e. The highest BCUT2D eigenvalue weighted by molar-refractivity contribution is 6.05. The molecule has 4 rings (SSSR count). The van der Waals surface area contributed by atoms with E-state index in [1.165, 1.54) is 12.1 Å². The summed E-state index contributed by atoms with van der Waals surface area (Å²) in [6.45, 7) is 3.01. The van der Waals surface area contributed by atoms with E-state index in [1.807, 2.05) is 12.1 Å². The molecular weight excluding hydrogens is 361 g/mol. The Kier molecular flexibility index (Phi) is 5.05. The fraction of sp³-hybridized carbons (Fsp3) is 0.211. The van der Waals surface area contributed by atoms with Gasteiger partial charge in [0.1, 0.15) is 5.82 Å². The Morgan fingerprint density at radius 1 is 0.857 bits per heavy atom. The molecule has 9 heteroatoms. The lowest BCUT2D eigenvalue weighted by atomic mass is 10.1. The molecule has 0 fully saturated rings. The second kappa shape index (κ2) is 7.95. The van der Waals surface area contributed by atoms with Crippen molar-refractivity contribution in [2.45, 2.75) is 0 Å². The molecule has 0 spiro atoms. The summed E-state index contributed by atoms with van der Waals surface area (Å²) in [6.07, 6.45) is 0. The highest BCUT2D eigenvalue weighted by atomic mass is 19.1. The fourth-order valence-corrected chi connectivity index (χ4v) is 2.85. The van der Waals surface area contributed by atoms with E-state index in [0.29, 0.717) is 23.9 Å². The van der Waals surface area contributed by atoms with Gasteiger partial charge in [0.05, 0.1) is 18.7 Å². The summed E-state index contributed by atoms with van der Waals surface area (Å²) in [5.74, 6) is 0.211. The monoisotopic (exact) mass is 381 g/mol. The lowest BCUT2D eigenvalue weighted by molar-refractivity contribution is 0.102. The van der Waals surface area contributed by atoms with E-state index in [-0.39, 0.29) is 5.56 Å². The first kappa shape index (κ1) is 17.8. The van der Waals surface area contributed by atoms with Crippen molar-refractivity contribution < 1.29 is 9.18 Å². The van der Waals surface area contributed by atoms with Gasteiger partial charge in [-0.3, -0.25) is 14.8 Å². The zero-order valence-corrected chi connectivity index (χ0v) is 15.1. The van der Waals surface area contributed by atoms with Crippen molar-refractivity contribution in [2.75, 3.05) is 42.1 Å². The van der Waals surface area contributed by atoms with Crippen LogP contribution in [0.4, 0.5) is 21.5 Å². The van der Waals surface area contributed by atoms with Gasteiger partial charge < -0.3 is 26.6 Å². The number of nitrogens with zero attached hydrogens (tertiary/aromatic N) is 2. The third-order valence-electron chi connectivity index (χ3n) is 4.23. The van der Waals surface area contributed by atoms with Crippen LogP contribution in [0.1, 0.15) is 10.4 Å². The number of halogens is 1. The highest BCUT2D eigenvalue weighted by Crippen LogP contribution is 2.18. The average Bonchev–Trinajstić information content (AvgIpc) is 3.37. The number of aliphatic imine (C=N–C) groups is 2. The first-order valence-electron chi connectivity index (χ1n) is 8.99. The molecule has 2 aliphatic heterocycles. The first-order valence-corrected chi connectivity index (χ1v) is 8.99. The maximum absolute atomic E-state index is 14.4. The number of guanidine groups is 2. The summed E-state index contributed by atoms with van der Waals surface area (Å²) < 4.78 is 14.4. The molecule has 0 saturated carbocycles. The minimum Gasteiger partial charge on any atom is -0.354 e. The maximum atomic E-state index is 14.4. The van der Waals surface area contributed by atoms with Gasteiger partial charge in [0, 0.05) is 30.2 Å². The van der Waals surface area contributed by atoms with Crippen LogP contribution in [0.5, 0.6) is 0 Å². The zero-order chi connectivity index (χ0) is 19.3. The van der Waals surface area contributed by atoms with Gasteiger partial charge in [-0.1, -0.05) is 0 Å². The van der Waals surface area contributed by atoms with Crippen LogP contribution in [-0.2, 0) is 0 Å².